The maximum absolute atomic E-state index is 12.2. The number of amides is 1. The summed E-state index contributed by atoms with van der Waals surface area (Å²) in [6.07, 6.45) is 10.1. The molecule has 34 heavy (non-hydrogen) atoms. The van der Waals surface area contributed by atoms with Gasteiger partial charge in [-0.05, 0) is 69.3 Å². The number of hydrogen-bond acceptors (Lipinski definition) is 5. The fourth-order valence-corrected chi connectivity index (χ4v) is 4.23. The molecule has 1 amide bonds. The lowest BCUT2D eigenvalue weighted by molar-refractivity contribution is -0.159. The lowest BCUT2D eigenvalue weighted by Crippen LogP contribution is -2.33. The number of carboxylic acid groups (broad SMARTS) is 2. The summed E-state index contributed by atoms with van der Waals surface area (Å²) in [4.78, 5) is 32.9. The van der Waals surface area contributed by atoms with Crippen molar-refractivity contribution in [2.24, 2.45) is 5.92 Å². The highest BCUT2D eigenvalue weighted by Gasteiger charge is 2.20. The van der Waals surface area contributed by atoms with E-state index in [1.165, 1.54) is 24.8 Å². The summed E-state index contributed by atoms with van der Waals surface area (Å²) < 4.78 is 5.22. The maximum atomic E-state index is 12.2. The van der Waals surface area contributed by atoms with Crippen molar-refractivity contribution in [3.8, 4) is 5.75 Å². The molecular weight excluding hydrogens is 460 g/mol. The van der Waals surface area contributed by atoms with Crippen LogP contribution < -0.4 is 10.1 Å². The summed E-state index contributed by atoms with van der Waals surface area (Å²) in [5.74, 6) is -2.31. The summed E-state index contributed by atoms with van der Waals surface area (Å²) in [5.41, 5.74) is 1.17. The Morgan fingerprint density at radius 3 is 2.29 bits per heavy atom. The van der Waals surface area contributed by atoms with Crippen molar-refractivity contribution < 1.29 is 29.3 Å². The van der Waals surface area contributed by atoms with Crippen LogP contribution in [0.3, 0.4) is 0 Å². The van der Waals surface area contributed by atoms with Crippen LogP contribution in [0.2, 0.25) is 5.02 Å². The second kappa shape index (κ2) is 17.2. The molecule has 1 fully saturated rings. The lowest BCUT2D eigenvalue weighted by atomic mass is 9.89. The molecule has 0 atom stereocenters. The van der Waals surface area contributed by atoms with E-state index in [-0.39, 0.29) is 11.8 Å². The van der Waals surface area contributed by atoms with Crippen molar-refractivity contribution in [3.05, 3.63) is 28.8 Å². The summed E-state index contributed by atoms with van der Waals surface area (Å²) in [5, 5.41) is 18.7. The van der Waals surface area contributed by atoms with Crippen molar-refractivity contribution in [1.29, 1.82) is 0 Å². The normalized spacial score (nSPS) is 13.6. The molecule has 3 N–H and O–H groups in total. The number of carbonyl (C=O) groups excluding carboxylic acids is 1. The number of nitrogens with zero attached hydrogens (tertiary/aromatic N) is 1. The molecule has 1 aliphatic carbocycles. The number of methoxy groups -OCH3 is 1. The Labute approximate surface area is 207 Å². The summed E-state index contributed by atoms with van der Waals surface area (Å²) in [6, 6.07) is 5.92. The number of unbranched alkanes of at least 4 members (excludes halogenated alkanes) is 1. The molecule has 2 rings (SSSR count). The number of benzene rings is 1. The number of carboxylic acids is 2. The Morgan fingerprint density at radius 1 is 1.06 bits per heavy atom. The Bertz CT molecular complexity index is 756. The van der Waals surface area contributed by atoms with Crippen LogP contribution >= 0.6 is 11.6 Å². The number of rotatable bonds is 12. The van der Waals surface area contributed by atoms with Crippen LogP contribution in [0, 0.1) is 5.92 Å². The topological polar surface area (TPSA) is 116 Å². The predicted octanol–water partition coefficient (Wildman–Crippen LogP) is 4.24. The standard InChI is InChI=1S/C23H37ClN2O2.C2H2O4/c1-3-15-26(17-13-19-11-12-21(28-2)18-22(19)24)16-8-7-14-25-23(27)20-9-5-4-6-10-20;3-1(4)2(5)6/h11-12,18,20H,3-10,13-17H2,1-2H3,(H,25,27);(H,3,4)(H,5,6). The van der Waals surface area contributed by atoms with Crippen LogP contribution in [0.25, 0.3) is 0 Å². The smallest absolute Gasteiger partial charge is 0.414 e. The Hall–Kier alpha value is -2.32. The largest absolute Gasteiger partial charge is 0.497 e. The highest BCUT2D eigenvalue weighted by Crippen LogP contribution is 2.24. The average molecular weight is 499 g/mol. The molecule has 1 saturated carbocycles. The van der Waals surface area contributed by atoms with Crippen LogP contribution in [-0.2, 0) is 20.8 Å². The van der Waals surface area contributed by atoms with E-state index in [4.69, 9.17) is 36.1 Å². The van der Waals surface area contributed by atoms with Crippen molar-refractivity contribution in [2.75, 3.05) is 33.3 Å². The SMILES string of the molecule is CCCN(CCCCNC(=O)C1CCCCC1)CCc1ccc(OC)cc1Cl.O=C(O)C(=O)O. The Balaban J connectivity index is 0.000000852. The van der Waals surface area contributed by atoms with Gasteiger partial charge in [0, 0.05) is 24.0 Å². The molecule has 0 heterocycles. The number of hydrogen-bond donors (Lipinski definition) is 3. The van der Waals surface area contributed by atoms with E-state index in [1.54, 1.807) is 7.11 Å². The first-order chi connectivity index (χ1) is 16.3. The predicted molar refractivity (Wildman–Crippen MR) is 133 cm³/mol. The van der Waals surface area contributed by atoms with E-state index in [9.17, 15) is 4.79 Å². The van der Waals surface area contributed by atoms with E-state index in [2.05, 4.69) is 23.2 Å². The highest BCUT2D eigenvalue weighted by molar-refractivity contribution is 6.31. The molecule has 192 valence electrons. The minimum absolute atomic E-state index is 0.264. The zero-order valence-corrected chi connectivity index (χ0v) is 21.1. The molecule has 0 bridgehead atoms. The van der Waals surface area contributed by atoms with Gasteiger partial charge in [0.2, 0.25) is 5.91 Å². The maximum Gasteiger partial charge on any atom is 0.414 e. The van der Waals surface area contributed by atoms with E-state index in [1.807, 2.05) is 12.1 Å². The number of halogens is 1. The van der Waals surface area contributed by atoms with Crippen molar-refractivity contribution in [2.45, 2.75) is 64.7 Å². The van der Waals surface area contributed by atoms with E-state index < -0.39 is 11.9 Å². The minimum atomic E-state index is -1.82. The van der Waals surface area contributed by atoms with Crippen LogP contribution in [0.1, 0.15) is 63.9 Å². The average Bonchev–Trinajstić information content (AvgIpc) is 2.83. The second-order valence-electron chi connectivity index (χ2n) is 8.49. The van der Waals surface area contributed by atoms with Crippen LogP contribution in [0.5, 0.6) is 5.75 Å². The van der Waals surface area contributed by atoms with Gasteiger partial charge in [-0.25, -0.2) is 9.59 Å². The van der Waals surface area contributed by atoms with Gasteiger partial charge >= 0.3 is 11.9 Å². The van der Waals surface area contributed by atoms with Gasteiger partial charge in [-0.15, -0.1) is 0 Å². The molecule has 1 aliphatic rings. The van der Waals surface area contributed by atoms with Crippen LogP contribution in [0.4, 0.5) is 0 Å². The molecule has 0 spiro atoms. The molecule has 0 aliphatic heterocycles. The van der Waals surface area contributed by atoms with Gasteiger partial charge in [0.05, 0.1) is 7.11 Å². The summed E-state index contributed by atoms with van der Waals surface area (Å²) in [7, 11) is 1.66. The summed E-state index contributed by atoms with van der Waals surface area (Å²) >= 11 is 6.37. The molecule has 9 heteroatoms. The van der Waals surface area contributed by atoms with Crippen molar-refractivity contribution in [1.82, 2.24) is 10.2 Å². The lowest BCUT2D eigenvalue weighted by Gasteiger charge is -2.23. The molecule has 0 radical (unpaired) electrons. The molecule has 8 nitrogen and oxygen atoms in total. The molecular formula is C25H39ClN2O6. The Kier molecular flexibility index (Phi) is 15.0. The first kappa shape index (κ1) is 29.7. The first-order valence-corrected chi connectivity index (χ1v) is 12.4. The third-order valence-corrected chi connectivity index (χ3v) is 6.21. The van der Waals surface area contributed by atoms with Crippen LogP contribution in [-0.4, -0.2) is 66.2 Å². The number of nitrogens with one attached hydrogen (secondary N) is 1. The summed E-state index contributed by atoms with van der Waals surface area (Å²) in [6.45, 7) is 6.20. The quantitative estimate of drug-likeness (QED) is 0.291. The van der Waals surface area contributed by atoms with E-state index >= 15 is 0 Å². The van der Waals surface area contributed by atoms with Crippen molar-refractivity contribution >= 4 is 29.4 Å². The fourth-order valence-electron chi connectivity index (χ4n) is 3.97. The van der Waals surface area contributed by atoms with Gasteiger partial charge in [0.1, 0.15) is 5.75 Å². The molecule has 0 saturated heterocycles. The van der Waals surface area contributed by atoms with Gasteiger partial charge in [0.25, 0.3) is 0 Å². The number of carbonyl (C=O) groups is 3. The highest BCUT2D eigenvalue weighted by atomic mass is 35.5. The first-order valence-electron chi connectivity index (χ1n) is 12.1. The zero-order chi connectivity index (χ0) is 25.3. The van der Waals surface area contributed by atoms with E-state index in [0.29, 0.717) is 0 Å². The fraction of sp³-hybridized carbons (Fsp3) is 0.640. The number of aliphatic carboxylic acids is 2. The van der Waals surface area contributed by atoms with Gasteiger partial charge < -0.3 is 25.2 Å². The molecule has 0 aromatic heterocycles. The van der Waals surface area contributed by atoms with Gasteiger partial charge in [-0.2, -0.15) is 0 Å². The molecule has 1 aromatic rings. The second-order valence-corrected chi connectivity index (χ2v) is 8.90. The van der Waals surface area contributed by atoms with Gasteiger partial charge in [-0.3, -0.25) is 4.79 Å². The monoisotopic (exact) mass is 498 g/mol. The zero-order valence-electron chi connectivity index (χ0n) is 20.4. The van der Waals surface area contributed by atoms with Crippen LogP contribution in [0.15, 0.2) is 18.2 Å². The Morgan fingerprint density at radius 2 is 1.74 bits per heavy atom. The minimum Gasteiger partial charge on any atom is -0.497 e. The van der Waals surface area contributed by atoms with Crippen molar-refractivity contribution in [3.63, 3.8) is 0 Å². The number of ether oxygens (including phenoxy) is 1. The third-order valence-electron chi connectivity index (χ3n) is 5.86. The van der Waals surface area contributed by atoms with Gasteiger partial charge in [-0.1, -0.05) is 43.9 Å². The molecule has 0 unspecified atom stereocenters. The van der Waals surface area contributed by atoms with Gasteiger partial charge in [0.15, 0.2) is 0 Å². The van der Waals surface area contributed by atoms with E-state index in [0.717, 1.165) is 75.5 Å². The molecule has 1 aromatic carbocycles. The third kappa shape index (κ3) is 12.2.